The average Bonchev–Trinajstić information content (AvgIpc) is 2.95. The topological polar surface area (TPSA) is 58.6 Å². The first-order chi connectivity index (χ1) is 18.5. The van der Waals surface area contributed by atoms with Crippen LogP contribution in [0.5, 0.6) is 5.75 Å². The van der Waals surface area contributed by atoms with Gasteiger partial charge in [0.05, 0.1) is 0 Å². The van der Waals surface area contributed by atoms with Gasteiger partial charge in [0.2, 0.25) is 5.91 Å². The fraction of sp³-hybridized carbons (Fsp3) is 0.394. The maximum absolute atomic E-state index is 13.8. The number of amides is 2. The van der Waals surface area contributed by atoms with Gasteiger partial charge in [0, 0.05) is 19.0 Å². The molecule has 1 aliphatic rings. The molecule has 0 bridgehead atoms. The van der Waals surface area contributed by atoms with Crippen molar-refractivity contribution in [2.45, 2.75) is 76.9 Å². The number of hydrogen-bond donors (Lipinski definition) is 1. The molecule has 3 aromatic rings. The molecule has 1 saturated carbocycles. The number of nitrogens with one attached hydrogen (secondary N) is 1. The molecule has 1 aliphatic carbocycles. The van der Waals surface area contributed by atoms with E-state index in [9.17, 15) is 9.59 Å². The van der Waals surface area contributed by atoms with Gasteiger partial charge in [-0.3, -0.25) is 9.59 Å². The molecule has 0 heterocycles. The number of rotatable bonds is 11. The van der Waals surface area contributed by atoms with Crippen molar-refractivity contribution in [1.82, 2.24) is 10.2 Å². The molecule has 5 nitrogen and oxygen atoms in total. The zero-order valence-corrected chi connectivity index (χ0v) is 22.6. The van der Waals surface area contributed by atoms with Gasteiger partial charge in [-0.25, -0.2) is 0 Å². The summed E-state index contributed by atoms with van der Waals surface area (Å²) < 4.78 is 5.93. The standard InChI is InChI=1S/C33H40N2O3/c1-25(2)28-18-20-30(21-19-28)38-24-32(36)35(23-27-14-8-4-9-15-27)31(22-26-12-6-3-7-13-26)33(37)34-29-16-10-5-11-17-29/h3-4,6-9,12-15,18-21,25,29,31H,5,10-11,16-17,22-24H2,1-2H3,(H,34,37). The molecule has 200 valence electrons. The zero-order valence-electron chi connectivity index (χ0n) is 22.6. The lowest BCUT2D eigenvalue weighted by atomic mass is 9.94. The maximum atomic E-state index is 13.8. The van der Waals surface area contributed by atoms with Gasteiger partial charge in [0.1, 0.15) is 11.8 Å². The van der Waals surface area contributed by atoms with Crippen molar-refractivity contribution in [2.24, 2.45) is 0 Å². The van der Waals surface area contributed by atoms with E-state index in [0.29, 0.717) is 24.6 Å². The second-order valence-corrected chi connectivity index (χ2v) is 10.6. The Morgan fingerprint density at radius 3 is 2.05 bits per heavy atom. The van der Waals surface area contributed by atoms with Crippen molar-refractivity contribution in [1.29, 1.82) is 0 Å². The molecule has 38 heavy (non-hydrogen) atoms. The van der Waals surface area contributed by atoms with Crippen LogP contribution < -0.4 is 10.1 Å². The van der Waals surface area contributed by atoms with Crippen LogP contribution in [-0.4, -0.2) is 35.4 Å². The molecule has 4 rings (SSSR count). The van der Waals surface area contributed by atoms with E-state index < -0.39 is 6.04 Å². The van der Waals surface area contributed by atoms with Gasteiger partial charge in [0.15, 0.2) is 6.61 Å². The summed E-state index contributed by atoms with van der Waals surface area (Å²) in [5, 5.41) is 3.28. The van der Waals surface area contributed by atoms with E-state index in [2.05, 4.69) is 19.2 Å². The van der Waals surface area contributed by atoms with Gasteiger partial charge in [-0.1, -0.05) is 106 Å². The smallest absolute Gasteiger partial charge is 0.261 e. The zero-order chi connectivity index (χ0) is 26.7. The molecular formula is C33H40N2O3. The molecule has 0 aromatic heterocycles. The van der Waals surface area contributed by atoms with Crippen LogP contribution in [0.2, 0.25) is 0 Å². The predicted octanol–water partition coefficient (Wildman–Crippen LogP) is 6.28. The minimum Gasteiger partial charge on any atom is -0.484 e. The molecule has 0 radical (unpaired) electrons. The Morgan fingerprint density at radius 1 is 0.842 bits per heavy atom. The quantitative estimate of drug-likeness (QED) is 0.329. The van der Waals surface area contributed by atoms with Gasteiger partial charge in [-0.15, -0.1) is 0 Å². The average molecular weight is 513 g/mol. The molecule has 0 saturated heterocycles. The fourth-order valence-corrected chi connectivity index (χ4v) is 5.06. The largest absolute Gasteiger partial charge is 0.484 e. The van der Waals surface area contributed by atoms with E-state index >= 15 is 0 Å². The van der Waals surface area contributed by atoms with E-state index in [0.717, 1.165) is 36.8 Å². The van der Waals surface area contributed by atoms with Gasteiger partial charge >= 0.3 is 0 Å². The summed E-state index contributed by atoms with van der Waals surface area (Å²) in [6.07, 6.45) is 5.90. The number of ether oxygens (including phenoxy) is 1. The molecule has 2 amide bonds. The molecule has 1 fully saturated rings. The number of carbonyl (C=O) groups is 2. The van der Waals surface area contributed by atoms with Gasteiger partial charge < -0.3 is 15.0 Å². The Morgan fingerprint density at radius 2 is 1.45 bits per heavy atom. The third kappa shape index (κ3) is 7.95. The van der Waals surface area contributed by atoms with Crippen molar-refractivity contribution in [3.05, 3.63) is 102 Å². The molecule has 1 N–H and O–H groups in total. The van der Waals surface area contributed by atoms with Gasteiger partial charge in [-0.05, 0) is 47.6 Å². The number of hydrogen-bond acceptors (Lipinski definition) is 3. The number of carbonyl (C=O) groups excluding carboxylic acids is 2. The second-order valence-electron chi connectivity index (χ2n) is 10.6. The summed E-state index contributed by atoms with van der Waals surface area (Å²) in [6.45, 7) is 4.50. The minimum absolute atomic E-state index is 0.0914. The maximum Gasteiger partial charge on any atom is 0.261 e. The van der Waals surface area contributed by atoms with E-state index in [1.165, 1.54) is 12.0 Å². The first-order valence-electron chi connectivity index (χ1n) is 13.9. The van der Waals surface area contributed by atoms with Crippen molar-refractivity contribution in [2.75, 3.05) is 6.61 Å². The summed E-state index contributed by atoms with van der Waals surface area (Å²) in [4.78, 5) is 29.2. The summed E-state index contributed by atoms with van der Waals surface area (Å²) in [7, 11) is 0. The Bertz CT molecular complexity index is 1140. The third-order valence-corrected chi connectivity index (χ3v) is 7.33. The van der Waals surface area contributed by atoms with E-state index in [1.54, 1.807) is 4.90 Å². The monoisotopic (exact) mass is 512 g/mol. The van der Waals surface area contributed by atoms with Crippen LogP contribution in [0.4, 0.5) is 0 Å². The van der Waals surface area contributed by atoms with Gasteiger partial charge in [0.25, 0.3) is 5.91 Å². The van der Waals surface area contributed by atoms with Crippen molar-refractivity contribution < 1.29 is 14.3 Å². The van der Waals surface area contributed by atoms with Crippen molar-refractivity contribution in [3.63, 3.8) is 0 Å². The number of nitrogens with zero attached hydrogens (tertiary/aromatic N) is 1. The molecule has 3 aromatic carbocycles. The highest BCUT2D eigenvalue weighted by Crippen LogP contribution is 2.21. The Hall–Kier alpha value is -3.60. The SMILES string of the molecule is CC(C)c1ccc(OCC(=O)N(Cc2ccccc2)C(Cc2ccccc2)C(=O)NC2CCCCC2)cc1. The summed E-state index contributed by atoms with van der Waals surface area (Å²) in [6, 6.07) is 27.2. The van der Waals surface area contributed by atoms with Crippen molar-refractivity contribution >= 4 is 11.8 Å². The van der Waals surface area contributed by atoms with Crippen LogP contribution in [0.1, 0.15) is 68.6 Å². The van der Waals surface area contributed by atoms with E-state index in [4.69, 9.17) is 4.74 Å². The Kier molecular flexibility index (Phi) is 9.97. The van der Waals surface area contributed by atoms with Crippen LogP contribution in [-0.2, 0) is 22.6 Å². The minimum atomic E-state index is -0.640. The summed E-state index contributed by atoms with van der Waals surface area (Å²) in [5.74, 6) is 0.773. The highest BCUT2D eigenvalue weighted by Gasteiger charge is 2.32. The van der Waals surface area contributed by atoms with E-state index in [1.807, 2.05) is 84.9 Å². The lowest BCUT2D eigenvalue weighted by Gasteiger charge is -2.33. The first kappa shape index (κ1) is 27.4. The summed E-state index contributed by atoms with van der Waals surface area (Å²) in [5.41, 5.74) is 3.22. The molecule has 0 spiro atoms. The van der Waals surface area contributed by atoms with Crippen LogP contribution in [0, 0.1) is 0 Å². The lowest BCUT2D eigenvalue weighted by molar-refractivity contribution is -0.143. The first-order valence-corrected chi connectivity index (χ1v) is 13.9. The van der Waals surface area contributed by atoms with Gasteiger partial charge in [-0.2, -0.15) is 0 Å². The Labute approximate surface area is 227 Å². The summed E-state index contributed by atoms with van der Waals surface area (Å²) >= 11 is 0. The number of benzene rings is 3. The second kappa shape index (κ2) is 13.8. The van der Waals surface area contributed by atoms with Crippen LogP contribution in [0.3, 0.4) is 0 Å². The normalized spacial score (nSPS) is 14.6. The van der Waals surface area contributed by atoms with Crippen LogP contribution in [0.15, 0.2) is 84.9 Å². The van der Waals surface area contributed by atoms with Crippen LogP contribution in [0.25, 0.3) is 0 Å². The molecular weight excluding hydrogens is 472 g/mol. The third-order valence-electron chi connectivity index (χ3n) is 7.33. The predicted molar refractivity (Wildman–Crippen MR) is 152 cm³/mol. The Balaban J connectivity index is 1.57. The molecule has 0 aliphatic heterocycles. The highest BCUT2D eigenvalue weighted by molar-refractivity contribution is 5.88. The van der Waals surface area contributed by atoms with Crippen LogP contribution >= 0.6 is 0 Å². The highest BCUT2D eigenvalue weighted by atomic mass is 16.5. The molecule has 5 heteroatoms. The molecule has 1 unspecified atom stereocenters. The molecule has 1 atom stereocenters. The van der Waals surface area contributed by atoms with Crippen molar-refractivity contribution in [3.8, 4) is 5.75 Å². The fourth-order valence-electron chi connectivity index (χ4n) is 5.06. The van der Waals surface area contributed by atoms with E-state index in [-0.39, 0.29) is 24.5 Å². The lowest BCUT2D eigenvalue weighted by Crippen LogP contribution is -2.53.